The van der Waals surface area contributed by atoms with E-state index in [4.69, 9.17) is 4.74 Å². The molecule has 34 heavy (non-hydrogen) atoms. The summed E-state index contributed by atoms with van der Waals surface area (Å²) in [6.07, 6.45) is 3.45. The number of ether oxygens (including phenoxy) is 1. The van der Waals surface area contributed by atoms with Crippen LogP contribution in [0, 0.1) is 0 Å². The van der Waals surface area contributed by atoms with E-state index in [1.165, 1.54) is 5.56 Å². The molecule has 1 N–H and O–H groups in total. The largest absolute Gasteiger partial charge is 0.497 e. The van der Waals surface area contributed by atoms with Crippen molar-refractivity contribution in [2.75, 3.05) is 43.5 Å². The molecule has 174 valence electrons. The number of nitrogens with one attached hydrogen (secondary N) is 1. The molecule has 5 rings (SSSR count). The Bertz CT molecular complexity index is 1280. The Balaban J connectivity index is 1.16. The maximum atomic E-state index is 12.6. The van der Waals surface area contributed by atoms with E-state index in [1.807, 2.05) is 61.8 Å². The van der Waals surface area contributed by atoms with E-state index in [9.17, 15) is 4.79 Å². The fraction of sp³-hybridized carbons (Fsp3) is 0.280. The second-order valence-corrected chi connectivity index (χ2v) is 8.35. The summed E-state index contributed by atoms with van der Waals surface area (Å²) in [6.45, 7) is 4.50. The van der Waals surface area contributed by atoms with Crippen LogP contribution in [0.5, 0.6) is 5.75 Å². The third kappa shape index (κ3) is 4.55. The Morgan fingerprint density at radius 3 is 2.44 bits per heavy atom. The predicted octanol–water partition coefficient (Wildman–Crippen LogP) is 2.95. The van der Waals surface area contributed by atoms with Crippen LogP contribution >= 0.6 is 0 Å². The van der Waals surface area contributed by atoms with Crippen LogP contribution in [0.3, 0.4) is 0 Å². The van der Waals surface area contributed by atoms with Gasteiger partial charge in [-0.05, 0) is 42.0 Å². The molecule has 1 aliphatic heterocycles. The molecule has 1 aliphatic rings. The van der Waals surface area contributed by atoms with Crippen molar-refractivity contribution in [1.82, 2.24) is 24.6 Å². The molecule has 0 saturated carbocycles. The number of amides is 1. The van der Waals surface area contributed by atoms with Crippen molar-refractivity contribution in [3.63, 3.8) is 0 Å². The number of benzene rings is 2. The minimum Gasteiger partial charge on any atom is -0.497 e. The van der Waals surface area contributed by atoms with Crippen LogP contribution < -0.4 is 15.0 Å². The summed E-state index contributed by atoms with van der Waals surface area (Å²) in [7, 11) is 3.51. The molecule has 2 aromatic heterocycles. The molecule has 9 nitrogen and oxygen atoms in total. The van der Waals surface area contributed by atoms with Gasteiger partial charge in [-0.2, -0.15) is 5.10 Å². The van der Waals surface area contributed by atoms with Gasteiger partial charge in [-0.15, -0.1) is 0 Å². The summed E-state index contributed by atoms with van der Waals surface area (Å²) in [5, 5.41) is 8.22. The number of aryl methyl sites for hydroxylation is 1. The number of methoxy groups -OCH3 is 1. The molecule has 1 amide bonds. The number of carbonyl (C=O) groups is 1. The van der Waals surface area contributed by atoms with Crippen LogP contribution in [0.25, 0.3) is 11.0 Å². The maximum absolute atomic E-state index is 12.6. The molecule has 0 spiro atoms. The molecule has 9 heteroatoms. The molecule has 0 aliphatic carbocycles. The lowest BCUT2D eigenvalue weighted by atomic mass is 10.1. The SMILES string of the molecule is COc1ccc(NC(=O)c2ccc(CN3CCN(c4ncnc5c4cnn5C)CC3)cc2)cc1. The summed E-state index contributed by atoms with van der Waals surface area (Å²) >= 11 is 0. The van der Waals surface area contributed by atoms with Crippen molar-refractivity contribution in [2.24, 2.45) is 7.05 Å². The summed E-state index contributed by atoms with van der Waals surface area (Å²) in [4.78, 5) is 26.1. The van der Waals surface area contributed by atoms with Crippen molar-refractivity contribution in [3.8, 4) is 5.75 Å². The van der Waals surface area contributed by atoms with E-state index in [-0.39, 0.29) is 5.91 Å². The first-order chi connectivity index (χ1) is 16.6. The van der Waals surface area contributed by atoms with Crippen molar-refractivity contribution in [3.05, 3.63) is 72.2 Å². The third-order valence-electron chi connectivity index (χ3n) is 6.15. The Kier molecular flexibility index (Phi) is 6.09. The van der Waals surface area contributed by atoms with Gasteiger partial charge in [0.25, 0.3) is 5.91 Å². The molecule has 1 saturated heterocycles. The van der Waals surface area contributed by atoms with E-state index < -0.39 is 0 Å². The number of fused-ring (bicyclic) bond motifs is 1. The predicted molar refractivity (Wildman–Crippen MR) is 131 cm³/mol. The van der Waals surface area contributed by atoms with E-state index >= 15 is 0 Å². The molecule has 0 radical (unpaired) electrons. The highest BCUT2D eigenvalue weighted by Gasteiger charge is 2.21. The minimum atomic E-state index is -0.128. The van der Waals surface area contributed by atoms with E-state index in [2.05, 4.69) is 30.2 Å². The van der Waals surface area contributed by atoms with Gasteiger partial charge >= 0.3 is 0 Å². The van der Waals surface area contributed by atoms with E-state index in [1.54, 1.807) is 18.1 Å². The van der Waals surface area contributed by atoms with Gasteiger partial charge in [-0.3, -0.25) is 14.4 Å². The van der Waals surface area contributed by atoms with E-state index in [0.29, 0.717) is 5.56 Å². The van der Waals surface area contributed by atoms with Gasteiger partial charge < -0.3 is 15.0 Å². The van der Waals surface area contributed by atoms with Gasteiger partial charge in [-0.1, -0.05) is 12.1 Å². The fourth-order valence-corrected chi connectivity index (χ4v) is 4.22. The van der Waals surface area contributed by atoms with Crippen LogP contribution in [-0.4, -0.2) is 63.8 Å². The Morgan fingerprint density at radius 2 is 1.74 bits per heavy atom. The van der Waals surface area contributed by atoms with Crippen LogP contribution in [0.2, 0.25) is 0 Å². The van der Waals surface area contributed by atoms with Gasteiger partial charge in [0.1, 0.15) is 17.9 Å². The van der Waals surface area contributed by atoms with Crippen LogP contribution in [0.4, 0.5) is 11.5 Å². The highest BCUT2D eigenvalue weighted by Crippen LogP contribution is 2.23. The zero-order valence-electron chi connectivity index (χ0n) is 19.3. The molecular weight excluding hydrogens is 430 g/mol. The average Bonchev–Trinajstić information content (AvgIpc) is 3.26. The lowest BCUT2D eigenvalue weighted by Gasteiger charge is -2.35. The highest BCUT2D eigenvalue weighted by atomic mass is 16.5. The van der Waals surface area contributed by atoms with Gasteiger partial charge in [-0.25, -0.2) is 9.97 Å². The van der Waals surface area contributed by atoms with Crippen molar-refractivity contribution in [2.45, 2.75) is 6.54 Å². The van der Waals surface area contributed by atoms with Gasteiger partial charge in [0, 0.05) is 51.0 Å². The molecule has 0 atom stereocenters. The number of hydrogen-bond acceptors (Lipinski definition) is 7. The number of aromatic nitrogens is 4. The molecule has 0 unspecified atom stereocenters. The fourth-order valence-electron chi connectivity index (χ4n) is 4.22. The van der Waals surface area contributed by atoms with Crippen LogP contribution in [-0.2, 0) is 13.6 Å². The topological polar surface area (TPSA) is 88.4 Å². The quantitative estimate of drug-likeness (QED) is 0.476. The van der Waals surface area contributed by atoms with Gasteiger partial charge in [0.05, 0.1) is 18.7 Å². The summed E-state index contributed by atoms with van der Waals surface area (Å²) in [5.41, 5.74) is 3.41. The zero-order chi connectivity index (χ0) is 23.5. The number of nitrogens with zero attached hydrogens (tertiary/aromatic N) is 6. The zero-order valence-corrected chi connectivity index (χ0v) is 19.3. The van der Waals surface area contributed by atoms with Gasteiger partial charge in [0.2, 0.25) is 0 Å². The monoisotopic (exact) mass is 457 g/mol. The van der Waals surface area contributed by atoms with Crippen molar-refractivity contribution >= 4 is 28.4 Å². The second kappa shape index (κ2) is 9.48. The highest BCUT2D eigenvalue weighted by molar-refractivity contribution is 6.04. The number of rotatable bonds is 6. The molecule has 0 bridgehead atoms. The molecule has 1 fully saturated rings. The summed E-state index contributed by atoms with van der Waals surface area (Å²) in [5.74, 6) is 1.58. The summed E-state index contributed by atoms with van der Waals surface area (Å²) < 4.78 is 6.93. The molecule has 4 aromatic rings. The minimum absolute atomic E-state index is 0.128. The Labute approximate surface area is 198 Å². The first-order valence-corrected chi connectivity index (χ1v) is 11.2. The Morgan fingerprint density at radius 1 is 1.00 bits per heavy atom. The number of anilines is 2. The molecule has 3 heterocycles. The molecule has 2 aromatic carbocycles. The maximum Gasteiger partial charge on any atom is 0.255 e. The number of piperazine rings is 1. The average molecular weight is 458 g/mol. The first-order valence-electron chi connectivity index (χ1n) is 11.2. The van der Waals surface area contributed by atoms with Crippen molar-refractivity contribution < 1.29 is 9.53 Å². The number of hydrogen-bond donors (Lipinski definition) is 1. The lowest BCUT2D eigenvalue weighted by molar-refractivity contribution is 0.102. The second-order valence-electron chi connectivity index (χ2n) is 8.35. The molecular formula is C25H27N7O2. The lowest BCUT2D eigenvalue weighted by Crippen LogP contribution is -2.46. The van der Waals surface area contributed by atoms with Crippen LogP contribution in [0.1, 0.15) is 15.9 Å². The number of carbonyl (C=O) groups excluding carboxylic acids is 1. The normalized spacial score (nSPS) is 14.4. The summed E-state index contributed by atoms with van der Waals surface area (Å²) in [6, 6.07) is 15.1. The smallest absolute Gasteiger partial charge is 0.255 e. The van der Waals surface area contributed by atoms with Gasteiger partial charge in [0.15, 0.2) is 5.65 Å². The van der Waals surface area contributed by atoms with Crippen molar-refractivity contribution in [1.29, 1.82) is 0 Å². The first kappa shape index (κ1) is 21.8. The third-order valence-corrected chi connectivity index (χ3v) is 6.15. The Hall–Kier alpha value is -3.98. The van der Waals surface area contributed by atoms with E-state index in [0.717, 1.165) is 61.0 Å². The van der Waals surface area contributed by atoms with Crippen LogP contribution in [0.15, 0.2) is 61.1 Å². The standard InChI is InChI=1S/C25H27N7O2/c1-30-23-22(15-28-30)24(27-17-26-23)32-13-11-31(12-14-32)16-18-3-5-19(6-4-18)25(33)29-20-7-9-21(34-2)10-8-20/h3-10,15,17H,11-14,16H2,1-2H3,(H,29,33).